The summed E-state index contributed by atoms with van der Waals surface area (Å²) in [5.41, 5.74) is 0.321. The number of benzene rings is 1. The van der Waals surface area contributed by atoms with Crippen molar-refractivity contribution in [1.29, 1.82) is 10.5 Å². The fourth-order valence-corrected chi connectivity index (χ4v) is 1.72. The molecule has 0 aliphatic heterocycles. The van der Waals surface area contributed by atoms with Gasteiger partial charge in [0.2, 0.25) is 0 Å². The van der Waals surface area contributed by atoms with Crippen molar-refractivity contribution >= 4 is 34.4 Å². The van der Waals surface area contributed by atoms with Crippen LogP contribution in [-0.4, -0.2) is 4.92 Å². The van der Waals surface area contributed by atoms with Gasteiger partial charge in [-0.2, -0.15) is 10.5 Å². The van der Waals surface area contributed by atoms with Crippen LogP contribution in [0.4, 0.5) is 5.69 Å². The van der Waals surface area contributed by atoms with Crippen molar-refractivity contribution in [3.8, 4) is 12.1 Å². The van der Waals surface area contributed by atoms with Gasteiger partial charge in [0.25, 0.3) is 5.69 Å². The van der Waals surface area contributed by atoms with Crippen molar-refractivity contribution in [1.82, 2.24) is 0 Å². The Morgan fingerprint density at radius 2 is 2.00 bits per heavy atom. The van der Waals surface area contributed by atoms with Crippen LogP contribution in [0.25, 0.3) is 6.08 Å². The monoisotopic (exact) mass is 325 g/mol. The second-order valence-electron chi connectivity index (χ2n) is 2.78. The zero-order valence-corrected chi connectivity index (χ0v) is 10.0. The number of nitrogens with zero attached hydrogens (tertiary/aromatic N) is 3. The molecule has 0 aliphatic carbocycles. The highest BCUT2D eigenvalue weighted by atomic mass is 127. The summed E-state index contributed by atoms with van der Waals surface area (Å²) in [5.74, 6) is 0. The predicted molar refractivity (Wildman–Crippen MR) is 65.0 cm³/mol. The normalized spacial score (nSPS) is 8.69. The molecule has 0 radical (unpaired) electrons. The van der Waals surface area contributed by atoms with Crippen molar-refractivity contribution in [2.45, 2.75) is 0 Å². The molecule has 0 bridgehead atoms. The van der Waals surface area contributed by atoms with E-state index in [0.717, 1.165) is 0 Å². The van der Waals surface area contributed by atoms with Crippen LogP contribution in [0.3, 0.4) is 0 Å². The lowest BCUT2D eigenvalue weighted by atomic mass is 10.1. The van der Waals surface area contributed by atoms with Gasteiger partial charge in [-0.25, -0.2) is 0 Å². The maximum absolute atomic E-state index is 10.6. The number of nitriles is 2. The number of non-ortho nitro benzene ring substituents is 1. The largest absolute Gasteiger partial charge is 0.271 e. The van der Waals surface area contributed by atoms with Crippen LogP contribution in [0.5, 0.6) is 0 Å². The maximum Gasteiger partial charge on any atom is 0.271 e. The first-order valence-corrected chi connectivity index (χ1v) is 5.11. The van der Waals surface area contributed by atoms with E-state index in [1.165, 1.54) is 18.2 Å². The molecule has 1 aromatic carbocycles. The SMILES string of the molecule is N#CC(C#N)=Cc1cc(I)cc([N+](=O)[O-])c1. The molecule has 0 saturated heterocycles. The molecule has 0 saturated carbocycles. The highest BCUT2D eigenvalue weighted by Gasteiger charge is 2.07. The van der Waals surface area contributed by atoms with Gasteiger partial charge in [0.1, 0.15) is 17.7 Å². The van der Waals surface area contributed by atoms with Crippen LogP contribution >= 0.6 is 22.6 Å². The molecule has 6 heteroatoms. The fourth-order valence-electron chi connectivity index (χ4n) is 1.04. The molecule has 78 valence electrons. The minimum absolute atomic E-state index is 0.0617. The number of halogens is 1. The molecular formula is C10H4IN3O2. The molecule has 0 N–H and O–H groups in total. The van der Waals surface area contributed by atoms with Crippen molar-refractivity contribution in [2.75, 3.05) is 0 Å². The van der Waals surface area contributed by atoms with Crippen LogP contribution in [0.2, 0.25) is 0 Å². The summed E-state index contributed by atoms with van der Waals surface area (Å²) in [6.07, 6.45) is 1.31. The Bertz CT molecular complexity index is 536. The van der Waals surface area contributed by atoms with Gasteiger partial charge in [-0.1, -0.05) is 0 Å². The minimum atomic E-state index is -0.516. The van der Waals surface area contributed by atoms with Gasteiger partial charge in [-0.15, -0.1) is 0 Å². The zero-order chi connectivity index (χ0) is 12.1. The Hall–Kier alpha value is -1.93. The molecule has 0 atom stereocenters. The highest BCUT2D eigenvalue weighted by Crippen LogP contribution is 2.20. The molecule has 5 nitrogen and oxygen atoms in total. The van der Waals surface area contributed by atoms with Gasteiger partial charge in [0, 0.05) is 15.7 Å². The molecular weight excluding hydrogens is 321 g/mol. The average molecular weight is 325 g/mol. The van der Waals surface area contributed by atoms with E-state index in [9.17, 15) is 10.1 Å². The molecule has 0 heterocycles. The molecule has 1 rings (SSSR count). The van der Waals surface area contributed by atoms with Crippen LogP contribution in [0, 0.1) is 36.3 Å². The van der Waals surface area contributed by atoms with Gasteiger partial charge < -0.3 is 0 Å². The molecule has 0 amide bonds. The quantitative estimate of drug-likeness (QED) is 0.362. The molecule has 0 fully saturated rings. The van der Waals surface area contributed by atoms with E-state index < -0.39 is 4.92 Å². The third-order valence-corrected chi connectivity index (χ3v) is 2.29. The summed E-state index contributed by atoms with van der Waals surface area (Å²) in [7, 11) is 0. The van der Waals surface area contributed by atoms with Gasteiger partial charge >= 0.3 is 0 Å². The Balaban J connectivity index is 3.28. The summed E-state index contributed by atoms with van der Waals surface area (Å²) in [6.45, 7) is 0. The van der Waals surface area contributed by atoms with Gasteiger partial charge in [-0.3, -0.25) is 10.1 Å². The predicted octanol–water partition coefficient (Wildman–Crippen LogP) is 2.63. The molecule has 0 aromatic heterocycles. The van der Waals surface area contributed by atoms with E-state index in [1.807, 2.05) is 22.6 Å². The highest BCUT2D eigenvalue weighted by molar-refractivity contribution is 14.1. The first kappa shape index (κ1) is 12.1. The standard InChI is InChI=1S/C10H4IN3O2/c11-9-2-7(1-8(5-12)6-13)3-10(4-9)14(15)16/h1-4H. The summed E-state index contributed by atoms with van der Waals surface area (Å²) in [5, 5.41) is 27.7. The second kappa shape index (κ2) is 5.24. The van der Waals surface area contributed by atoms with Crippen LogP contribution < -0.4 is 0 Å². The first-order chi connectivity index (χ1) is 7.56. The van der Waals surface area contributed by atoms with Crippen molar-refractivity contribution in [3.05, 3.63) is 43.0 Å². The number of nitro benzene ring substituents is 1. The molecule has 16 heavy (non-hydrogen) atoms. The van der Waals surface area contributed by atoms with E-state index in [2.05, 4.69) is 0 Å². The van der Waals surface area contributed by atoms with Crippen molar-refractivity contribution < 1.29 is 4.92 Å². The van der Waals surface area contributed by atoms with E-state index in [4.69, 9.17) is 10.5 Å². The molecule has 0 unspecified atom stereocenters. The lowest BCUT2D eigenvalue weighted by Gasteiger charge is -1.96. The Morgan fingerprint density at radius 1 is 1.38 bits per heavy atom. The number of nitro groups is 1. The van der Waals surface area contributed by atoms with E-state index in [1.54, 1.807) is 18.2 Å². The Morgan fingerprint density at radius 3 is 2.50 bits per heavy atom. The first-order valence-electron chi connectivity index (χ1n) is 4.03. The average Bonchev–Trinajstić information content (AvgIpc) is 2.25. The van der Waals surface area contributed by atoms with Crippen molar-refractivity contribution in [2.24, 2.45) is 0 Å². The summed E-state index contributed by atoms with van der Waals surface area (Å²) in [4.78, 5) is 10.1. The van der Waals surface area contributed by atoms with E-state index in [0.29, 0.717) is 9.13 Å². The van der Waals surface area contributed by atoms with Crippen molar-refractivity contribution in [3.63, 3.8) is 0 Å². The van der Waals surface area contributed by atoms with Gasteiger partial charge in [0.15, 0.2) is 0 Å². The third-order valence-electron chi connectivity index (χ3n) is 1.67. The van der Waals surface area contributed by atoms with Gasteiger partial charge in [0.05, 0.1) is 4.92 Å². The number of hydrogen-bond acceptors (Lipinski definition) is 4. The van der Waals surface area contributed by atoms with Gasteiger partial charge in [-0.05, 0) is 40.3 Å². The number of hydrogen-bond donors (Lipinski definition) is 0. The topological polar surface area (TPSA) is 90.7 Å². The zero-order valence-electron chi connectivity index (χ0n) is 7.85. The number of allylic oxidation sites excluding steroid dienone is 1. The van der Waals surface area contributed by atoms with Crippen LogP contribution in [-0.2, 0) is 0 Å². The molecule has 0 spiro atoms. The summed E-state index contributed by atoms with van der Waals surface area (Å²) < 4.78 is 0.674. The second-order valence-corrected chi connectivity index (χ2v) is 4.03. The number of rotatable bonds is 2. The van der Waals surface area contributed by atoms with Crippen LogP contribution in [0.15, 0.2) is 23.8 Å². The van der Waals surface area contributed by atoms with E-state index >= 15 is 0 Å². The molecule has 1 aromatic rings. The Kier molecular flexibility index (Phi) is 3.97. The fraction of sp³-hybridized carbons (Fsp3) is 0. The summed E-state index contributed by atoms with van der Waals surface area (Å²) >= 11 is 1.94. The molecule has 0 aliphatic rings. The maximum atomic E-state index is 10.6. The lowest BCUT2D eigenvalue weighted by Crippen LogP contribution is -1.90. The van der Waals surface area contributed by atoms with E-state index in [-0.39, 0.29) is 11.3 Å². The lowest BCUT2D eigenvalue weighted by molar-refractivity contribution is -0.385. The van der Waals surface area contributed by atoms with Crippen LogP contribution in [0.1, 0.15) is 5.56 Å². The minimum Gasteiger partial charge on any atom is -0.258 e. The smallest absolute Gasteiger partial charge is 0.258 e. The third kappa shape index (κ3) is 3.04. The summed E-state index contributed by atoms with van der Waals surface area (Å²) in [6, 6.07) is 7.78. The Labute approximate surface area is 105 Å².